The molecule has 0 radical (unpaired) electrons. The third kappa shape index (κ3) is 4.13. The van der Waals surface area contributed by atoms with Gasteiger partial charge in [-0.05, 0) is 25.8 Å². The highest BCUT2D eigenvalue weighted by atomic mass is 16.4. The van der Waals surface area contributed by atoms with Crippen molar-refractivity contribution in [2.45, 2.75) is 20.3 Å². The zero-order valence-electron chi connectivity index (χ0n) is 9.53. The van der Waals surface area contributed by atoms with Gasteiger partial charge in [-0.3, -0.25) is 0 Å². The molecular formula is C12H16N2O2. The van der Waals surface area contributed by atoms with Crippen LogP contribution < -0.4 is 5.43 Å². The van der Waals surface area contributed by atoms with Crippen molar-refractivity contribution in [1.29, 1.82) is 0 Å². The molecule has 1 aromatic carbocycles. The van der Waals surface area contributed by atoms with Crippen LogP contribution in [0.25, 0.3) is 0 Å². The molecule has 0 unspecified atom stereocenters. The van der Waals surface area contributed by atoms with Gasteiger partial charge in [-0.15, -0.1) is 0 Å². The highest BCUT2D eigenvalue weighted by molar-refractivity contribution is 6.34. The number of carboxylic acids is 1. The van der Waals surface area contributed by atoms with E-state index >= 15 is 0 Å². The fourth-order valence-corrected chi connectivity index (χ4v) is 1.29. The van der Waals surface area contributed by atoms with Gasteiger partial charge in [0.05, 0.1) is 0 Å². The number of hydrazone groups is 1. The van der Waals surface area contributed by atoms with Gasteiger partial charge in [0.2, 0.25) is 0 Å². The summed E-state index contributed by atoms with van der Waals surface area (Å²) in [6, 6.07) is 8.21. The van der Waals surface area contributed by atoms with Crippen LogP contribution in [0.4, 0.5) is 0 Å². The third-order valence-electron chi connectivity index (χ3n) is 2.16. The Kier molecular flexibility index (Phi) is 4.51. The molecular weight excluding hydrogens is 204 g/mol. The predicted octanol–water partition coefficient (Wildman–Crippen LogP) is 1.59. The summed E-state index contributed by atoms with van der Waals surface area (Å²) in [5, 5.41) is 12.3. The van der Waals surface area contributed by atoms with E-state index in [1.165, 1.54) is 18.1 Å². The summed E-state index contributed by atoms with van der Waals surface area (Å²) in [4.78, 5) is 10.4. The van der Waals surface area contributed by atoms with Gasteiger partial charge in [-0.25, -0.2) is 4.79 Å². The molecule has 16 heavy (non-hydrogen) atoms. The minimum absolute atomic E-state index is 0.0734. The average molecular weight is 220 g/mol. The Morgan fingerprint density at radius 3 is 2.88 bits per heavy atom. The minimum Gasteiger partial charge on any atom is -0.477 e. The maximum Gasteiger partial charge on any atom is 0.351 e. The van der Waals surface area contributed by atoms with Crippen LogP contribution in [-0.4, -0.2) is 23.3 Å². The standard InChI is InChI=1S/C12H16N2O2/c1-9-4-3-5-11(8-9)6-7-13-14-10(2)12(15)16/h3-5,8,13H,6-7H2,1-2H3,(H,15,16)/b14-10+. The van der Waals surface area contributed by atoms with E-state index in [0.29, 0.717) is 6.54 Å². The SMILES string of the molecule is C/C(=N\NCCc1cccc(C)c1)C(=O)O. The molecule has 0 fully saturated rings. The molecule has 0 aliphatic carbocycles. The number of rotatable bonds is 5. The highest BCUT2D eigenvalue weighted by Gasteiger charge is 2.00. The van der Waals surface area contributed by atoms with Crippen molar-refractivity contribution >= 4 is 11.7 Å². The molecule has 1 rings (SSSR count). The minimum atomic E-state index is -0.997. The van der Waals surface area contributed by atoms with E-state index in [0.717, 1.165) is 6.42 Å². The van der Waals surface area contributed by atoms with E-state index < -0.39 is 5.97 Å². The van der Waals surface area contributed by atoms with Gasteiger partial charge in [0.1, 0.15) is 5.71 Å². The van der Waals surface area contributed by atoms with Gasteiger partial charge in [-0.1, -0.05) is 29.8 Å². The number of carbonyl (C=O) groups is 1. The van der Waals surface area contributed by atoms with Crippen LogP contribution in [0.1, 0.15) is 18.1 Å². The number of aryl methyl sites for hydroxylation is 1. The fraction of sp³-hybridized carbons (Fsp3) is 0.333. The smallest absolute Gasteiger partial charge is 0.351 e. The predicted molar refractivity (Wildman–Crippen MR) is 63.6 cm³/mol. The summed E-state index contributed by atoms with van der Waals surface area (Å²) in [6.45, 7) is 4.14. The monoisotopic (exact) mass is 220 g/mol. The van der Waals surface area contributed by atoms with Crippen LogP contribution >= 0.6 is 0 Å². The molecule has 4 heteroatoms. The van der Waals surface area contributed by atoms with Crippen molar-refractivity contribution in [1.82, 2.24) is 5.43 Å². The Labute approximate surface area is 95.0 Å². The Morgan fingerprint density at radius 2 is 2.25 bits per heavy atom. The summed E-state index contributed by atoms with van der Waals surface area (Å²) < 4.78 is 0. The van der Waals surface area contributed by atoms with Crippen molar-refractivity contribution in [2.75, 3.05) is 6.54 Å². The Morgan fingerprint density at radius 1 is 1.50 bits per heavy atom. The molecule has 0 heterocycles. The van der Waals surface area contributed by atoms with Crippen LogP contribution in [0.3, 0.4) is 0 Å². The van der Waals surface area contributed by atoms with E-state index in [-0.39, 0.29) is 5.71 Å². The largest absolute Gasteiger partial charge is 0.477 e. The van der Waals surface area contributed by atoms with E-state index in [4.69, 9.17) is 5.11 Å². The van der Waals surface area contributed by atoms with E-state index in [2.05, 4.69) is 16.6 Å². The fourth-order valence-electron chi connectivity index (χ4n) is 1.29. The number of carboxylic acid groups (broad SMARTS) is 1. The Hall–Kier alpha value is -1.84. The number of nitrogens with one attached hydrogen (secondary N) is 1. The summed E-state index contributed by atoms with van der Waals surface area (Å²) in [6.07, 6.45) is 0.831. The molecule has 0 aromatic heterocycles. The van der Waals surface area contributed by atoms with Gasteiger partial charge in [0.25, 0.3) is 0 Å². The lowest BCUT2D eigenvalue weighted by molar-refractivity contribution is -0.129. The first-order valence-electron chi connectivity index (χ1n) is 5.15. The Bertz CT molecular complexity index is 400. The van der Waals surface area contributed by atoms with Crippen molar-refractivity contribution in [3.8, 4) is 0 Å². The first-order chi connectivity index (χ1) is 7.59. The van der Waals surface area contributed by atoms with Crippen LogP contribution in [0.2, 0.25) is 0 Å². The highest BCUT2D eigenvalue weighted by Crippen LogP contribution is 2.03. The number of aliphatic carboxylic acids is 1. The molecule has 1 aromatic rings. The van der Waals surface area contributed by atoms with E-state index in [1.54, 1.807) is 0 Å². The molecule has 86 valence electrons. The van der Waals surface area contributed by atoms with Crippen LogP contribution in [0, 0.1) is 6.92 Å². The zero-order chi connectivity index (χ0) is 12.0. The van der Waals surface area contributed by atoms with E-state index in [1.807, 2.05) is 25.1 Å². The number of nitrogens with zero attached hydrogens (tertiary/aromatic N) is 1. The molecule has 0 amide bonds. The number of benzene rings is 1. The molecule has 0 saturated heterocycles. The molecule has 2 N–H and O–H groups in total. The van der Waals surface area contributed by atoms with E-state index in [9.17, 15) is 4.79 Å². The first kappa shape index (κ1) is 12.2. The topological polar surface area (TPSA) is 61.7 Å². The molecule has 0 saturated carbocycles. The van der Waals surface area contributed by atoms with Gasteiger partial charge in [-0.2, -0.15) is 5.10 Å². The number of hydrogen-bond acceptors (Lipinski definition) is 3. The third-order valence-corrected chi connectivity index (χ3v) is 2.16. The van der Waals surface area contributed by atoms with Gasteiger partial charge >= 0.3 is 5.97 Å². The summed E-state index contributed by atoms with van der Waals surface area (Å²) in [7, 11) is 0. The van der Waals surface area contributed by atoms with Crippen molar-refractivity contribution < 1.29 is 9.90 Å². The van der Waals surface area contributed by atoms with Gasteiger partial charge in [0, 0.05) is 6.54 Å². The lowest BCUT2D eigenvalue weighted by Crippen LogP contribution is -2.17. The molecule has 0 bridgehead atoms. The van der Waals surface area contributed by atoms with Crippen LogP contribution in [-0.2, 0) is 11.2 Å². The molecule has 0 atom stereocenters. The van der Waals surface area contributed by atoms with Gasteiger partial charge in [0.15, 0.2) is 0 Å². The van der Waals surface area contributed by atoms with Crippen LogP contribution in [0.15, 0.2) is 29.4 Å². The summed E-state index contributed by atoms with van der Waals surface area (Å²) >= 11 is 0. The van der Waals surface area contributed by atoms with Crippen molar-refractivity contribution in [2.24, 2.45) is 5.10 Å². The van der Waals surface area contributed by atoms with Gasteiger partial charge < -0.3 is 10.5 Å². The molecule has 0 aliphatic heterocycles. The second kappa shape index (κ2) is 5.90. The van der Waals surface area contributed by atoms with Crippen molar-refractivity contribution in [3.63, 3.8) is 0 Å². The summed E-state index contributed by atoms with van der Waals surface area (Å²) in [5.41, 5.74) is 5.26. The molecule has 0 aliphatic rings. The Balaban J connectivity index is 2.36. The normalized spacial score (nSPS) is 11.2. The maximum absolute atomic E-state index is 10.4. The average Bonchev–Trinajstić information content (AvgIpc) is 2.24. The quantitative estimate of drug-likeness (QED) is 0.450. The molecule has 4 nitrogen and oxygen atoms in total. The number of hydrogen-bond donors (Lipinski definition) is 2. The van der Waals surface area contributed by atoms with Crippen molar-refractivity contribution in [3.05, 3.63) is 35.4 Å². The first-order valence-corrected chi connectivity index (χ1v) is 5.15. The molecule has 0 spiro atoms. The lowest BCUT2D eigenvalue weighted by atomic mass is 10.1. The second-order valence-corrected chi connectivity index (χ2v) is 3.65. The lowest BCUT2D eigenvalue weighted by Gasteiger charge is -2.02. The second-order valence-electron chi connectivity index (χ2n) is 3.65. The van der Waals surface area contributed by atoms with Crippen LogP contribution in [0.5, 0.6) is 0 Å². The summed E-state index contributed by atoms with van der Waals surface area (Å²) in [5.74, 6) is -0.997. The maximum atomic E-state index is 10.4. The zero-order valence-corrected chi connectivity index (χ0v) is 9.53.